The zero-order valence-corrected chi connectivity index (χ0v) is 66.6. The van der Waals surface area contributed by atoms with E-state index in [9.17, 15) is 75.3 Å². The van der Waals surface area contributed by atoms with Gasteiger partial charge in [-0.3, -0.25) is 75.5 Å². The number of ketones is 3. The van der Waals surface area contributed by atoms with Crippen molar-refractivity contribution < 1.29 is 146 Å². The number of anilines is 1. The normalized spacial score (nSPS) is 28.2. The largest absolute Gasteiger partial charge is 1.00 e. The molecular formula is C67H62B2IN13O24S6. The standard InChI is InChI=1S/C23H22BN4O8S2.C22H19BN4O8S2.C22H21N5O8S2.HI/c1-12-25-16(10-37-12)19(26-34-9-13-3-5-27(2)6-4-13)17(29)8-15-20(31)28-21(15)38(33)11-14-7-18(30)35-23(14,28)22(32)36-24;1-11-25-15(9-36-11)18(26-33-8-12-2-4-24-5-3-12)16(28)7-14-19(30)27-20(14)37(32)10-13-6-17(29)34-22(13,27)21(31)35-23;1-26-4-2-11(3-5-26)8-34-25-17(14-9-36-21(23)24-14)15(28)7-13-18(30)27-19(13)37(33)10-12-6-16(29)35-22(12,27)20(31)32;/h3-6,10,14-15,21H,7-9,11H2,1-2H3;2-5,9,13-14,20H,6-8,10H2,1H3;2-5,9,12-13,19H,6-8,10H2,1H3,(H2-,23,24,31,32);1H/q+1;;;/p-1/b26-19-;26-18-;25-17-;/t14-,15+,21+,23+,38-;13-,14+,20+,22+,37-;12-,13+,19+,22+,37-;/m000./s1. The van der Waals surface area contributed by atoms with E-state index in [1.54, 1.807) is 49.1 Å². The van der Waals surface area contributed by atoms with Crippen LogP contribution in [0.4, 0.5) is 5.13 Å². The van der Waals surface area contributed by atoms with Crippen LogP contribution in [0.3, 0.4) is 0 Å². The summed E-state index contributed by atoms with van der Waals surface area (Å²) in [6.07, 6.45) is 8.63. The Morgan fingerprint density at radius 2 is 0.858 bits per heavy atom. The van der Waals surface area contributed by atoms with E-state index in [1.165, 1.54) is 28.1 Å². The first-order valence-corrected chi connectivity index (χ1v) is 40.6. The summed E-state index contributed by atoms with van der Waals surface area (Å²) in [4.78, 5) is 188. The number of pyridine rings is 3. The minimum Gasteiger partial charge on any atom is -1.00 e. The van der Waals surface area contributed by atoms with Crippen LogP contribution in [-0.4, -0.2) is 202 Å². The van der Waals surface area contributed by atoms with Gasteiger partial charge in [-0.15, -0.1) is 34.0 Å². The van der Waals surface area contributed by atoms with Crippen LogP contribution in [0, 0.1) is 49.4 Å². The van der Waals surface area contributed by atoms with E-state index >= 15 is 0 Å². The van der Waals surface area contributed by atoms with Crippen LogP contribution in [0.1, 0.15) is 82.3 Å². The number of nitrogen functional groups attached to an aromatic ring is 1. The van der Waals surface area contributed by atoms with Gasteiger partial charge >= 0.3 is 45.9 Å². The average molecular weight is 1770 g/mol. The van der Waals surface area contributed by atoms with E-state index in [2.05, 4.69) is 44.7 Å². The molecule has 15 heterocycles. The van der Waals surface area contributed by atoms with Gasteiger partial charge in [0, 0.05) is 139 Å². The quantitative estimate of drug-likeness (QED) is 0.00864. The molecule has 0 saturated carbocycles. The number of carboxylic acid groups (broad SMARTS) is 1. The van der Waals surface area contributed by atoms with Gasteiger partial charge in [0.1, 0.15) is 73.1 Å². The van der Waals surface area contributed by atoms with Crippen LogP contribution in [0.25, 0.3) is 0 Å². The molecule has 2 N–H and O–H groups in total. The number of hydrogen-bond acceptors (Lipinski definition) is 35. The number of oxime groups is 3. The smallest absolute Gasteiger partial charge is 0.378 e. The Morgan fingerprint density at radius 1 is 0.540 bits per heavy atom. The van der Waals surface area contributed by atoms with Gasteiger partial charge in [-0.1, -0.05) is 15.5 Å². The molecular weight excluding hydrogens is 1710 g/mol. The number of β-lactam (4-membered cyclic amide) rings is 3. The Morgan fingerprint density at radius 3 is 1.18 bits per heavy atom. The number of aryl methyl sites for hydroxylation is 4. The van der Waals surface area contributed by atoms with Gasteiger partial charge in [0.2, 0.25) is 23.4 Å². The summed E-state index contributed by atoms with van der Waals surface area (Å²) < 4.78 is 67.1. The maximum atomic E-state index is 13.4. The second-order valence-electron chi connectivity index (χ2n) is 26.8. The highest BCUT2D eigenvalue weighted by Crippen LogP contribution is 2.54. The van der Waals surface area contributed by atoms with E-state index in [0.717, 1.165) is 42.7 Å². The predicted molar refractivity (Wildman–Crippen MR) is 383 cm³/mol. The van der Waals surface area contributed by atoms with Gasteiger partial charge in [0.15, 0.2) is 64.4 Å². The summed E-state index contributed by atoms with van der Waals surface area (Å²) in [7, 11) is 8.84. The number of thiazole rings is 3. The number of aliphatic carboxylic acids is 1. The van der Waals surface area contributed by atoms with Crippen LogP contribution in [0.15, 0.2) is 105 Å². The van der Waals surface area contributed by atoms with E-state index < -0.39 is 179 Å². The third-order valence-electron chi connectivity index (χ3n) is 19.7. The highest BCUT2D eigenvalue weighted by Gasteiger charge is 2.75. The number of hydrogen-bond donors (Lipinski definition) is 1. The fourth-order valence-corrected chi connectivity index (χ4v) is 22.2. The number of halogens is 1. The fraction of sp³-hybridized carbons (Fsp3) is 0.418. The second kappa shape index (κ2) is 33.7. The number of aromatic nitrogens is 6. The predicted octanol–water partition coefficient (Wildman–Crippen LogP) is -5.26. The van der Waals surface area contributed by atoms with Crippen molar-refractivity contribution in [2.75, 3.05) is 23.0 Å². The zero-order chi connectivity index (χ0) is 80.0. The van der Waals surface area contributed by atoms with Crippen LogP contribution in [0.2, 0.25) is 0 Å². The number of nitrogens with zero attached hydrogens (tertiary/aromatic N) is 12. The minimum absolute atomic E-state index is 0. The van der Waals surface area contributed by atoms with Gasteiger partial charge < -0.3 is 77.6 Å². The Bertz CT molecular complexity index is 5060. The summed E-state index contributed by atoms with van der Waals surface area (Å²) in [5, 5.41) is 27.2. The molecule has 9 fully saturated rings. The Labute approximate surface area is 678 Å². The van der Waals surface area contributed by atoms with Gasteiger partial charge in [0.05, 0.1) is 58.9 Å². The van der Waals surface area contributed by atoms with Crippen molar-refractivity contribution in [3.05, 3.63) is 134 Å². The number of ether oxygens (including phenoxy) is 3. The Kier molecular flexibility index (Phi) is 24.6. The lowest BCUT2D eigenvalue weighted by Gasteiger charge is -2.58. The summed E-state index contributed by atoms with van der Waals surface area (Å²) in [5.41, 5.74) is 2.00. The molecule has 0 aromatic carbocycles. The number of nitrogens with two attached hydrogens (primary N) is 1. The molecule has 37 nitrogen and oxygen atoms in total. The molecule has 6 aromatic rings. The lowest BCUT2D eigenvalue weighted by molar-refractivity contribution is -0.671. The van der Waals surface area contributed by atoms with Gasteiger partial charge in [-0.05, 0) is 31.5 Å². The number of esters is 3. The molecule has 9 saturated heterocycles. The topological polar surface area (TPSA) is 485 Å². The molecule has 0 spiro atoms. The van der Waals surface area contributed by atoms with E-state index in [0.29, 0.717) is 15.7 Å². The lowest BCUT2D eigenvalue weighted by Crippen LogP contribution is -3.00. The molecule has 588 valence electrons. The minimum atomic E-state index is -2.32. The van der Waals surface area contributed by atoms with Gasteiger partial charge in [0.25, 0.3) is 11.4 Å². The Balaban J connectivity index is 0.000000156. The van der Waals surface area contributed by atoms with Crippen molar-refractivity contribution >= 4 is 176 Å². The molecule has 0 bridgehead atoms. The first-order valence-electron chi connectivity index (χ1n) is 33.9. The van der Waals surface area contributed by atoms with Crippen molar-refractivity contribution in [3.63, 3.8) is 0 Å². The van der Waals surface area contributed by atoms with Crippen molar-refractivity contribution in [2.45, 2.75) is 105 Å². The van der Waals surface area contributed by atoms with Gasteiger partial charge in [-0.25, -0.2) is 33.7 Å². The molecule has 46 heteroatoms. The first kappa shape index (κ1) is 82.6. The number of carboxylic acids is 1. The van der Waals surface area contributed by atoms with Crippen molar-refractivity contribution in [2.24, 2.45) is 65.1 Å². The summed E-state index contributed by atoms with van der Waals surface area (Å²) in [6.45, 7) is 3.76. The third kappa shape index (κ3) is 15.6. The monoisotopic (exact) mass is 1770 g/mol. The van der Waals surface area contributed by atoms with Crippen LogP contribution >= 0.6 is 34.0 Å². The molecule has 9 aliphatic rings. The number of Topliss-reactive ketones (excluding diaryl/α,β-unsaturated/α-hetero) is 3. The summed E-state index contributed by atoms with van der Waals surface area (Å²) in [5.74, 6) is -16.5. The highest BCUT2D eigenvalue weighted by molar-refractivity contribution is 7.86. The molecule has 15 atom stereocenters. The molecule has 6 aromatic heterocycles. The van der Waals surface area contributed by atoms with E-state index in [-0.39, 0.29) is 127 Å². The van der Waals surface area contributed by atoms with Crippen molar-refractivity contribution in [3.8, 4) is 0 Å². The van der Waals surface area contributed by atoms with Crippen LogP contribution < -0.4 is 44.0 Å². The molecule has 9 aliphatic heterocycles. The first-order chi connectivity index (χ1) is 53.5. The molecule has 113 heavy (non-hydrogen) atoms. The van der Waals surface area contributed by atoms with Crippen LogP contribution in [-0.2, 0) is 162 Å². The maximum Gasteiger partial charge on any atom is 0.378 e. The average Bonchev–Trinajstić information content (AvgIpc) is 1.65. The molecule has 3 amide bonds. The SMILES string of the molecule is C[n+]1ccc(CO/N=C(\C(=O)C[C@@H]2C(=O)N3[C@@H]2[S@@](=O)C[C@@H]2CC(=O)O[C@@]23C(=O)[O-])c2csc(N)n2)cc1.[B]OC(=O)[C@]12OC(=O)C[C@H]1C[S@](=O)[C@@H]1[C@H](CC(=O)/C(=N\OCc3cc[n+](C)cc3)c3csc(C)n3)C(=O)N12.[B]OC(=O)[C@]12OC(=O)C[C@H]1C[S@](=O)[C@@H]1[C@H](CC(=O)/C(=N\OCc3ccncc3)c3csc(C)n3)C(=O)N12.[I-]. The fourth-order valence-electron chi connectivity index (χ4n) is 14.4. The highest BCUT2D eigenvalue weighted by atomic mass is 127. The van der Waals surface area contributed by atoms with E-state index in [4.69, 9.17) is 50.6 Å². The second-order valence-corrected chi connectivity index (χ2v) is 34.5. The third-order valence-corrected chi connectivity index (χ3v) is 27.4. The van der Waals surface area contributed by atoms with Crippen LogP contribution in [0.5, 0.6) is 0 Å². The number of carbonyl (C=O) groups is 12. The van der Waals surface area contributed by atoms with Crippen molar-refractivity contribution in [1.29, 1.82) is 0 Å². The summed E-state index contributed by atoms with van der Waals surface area (Å²) >= 11 is 3.71. The summed E-state index contributed by atoms with van der Waals surface area (Å²) in [6, 6.07) is 10.8. The molecule has 0 unspecified atom stereocenters. The maximum absolute atomic E-state index is 13.4. The number of amides is 3. The number of rotatable bonds is 24. The van der Waals surface area contributed by atoms with Crippen molar-refractivity contribution in [1.82, 2.24) is 34.6 Å². The number of fused-ring (bicyclic) bond motifs is 9. The molecule has 4 radical (unpaired) electrons. The zero-order valence-electron chi connectivity index (χ0n) is 59.6. The van der Waals surface area contributed by atoms with E-state index in [1.807, 2.05) is 72.3 Å². The molecule has 0 aliphatic carbocycles. The Hall–Kier alpha value is -9.90. The lowest BCUT2D eigenvalue weighted by atomic mass is 9.84. The molecule has 15 rings (SSSR count). The number of carbonyl (C=O) groups excluding carboxylic acids is 12. The van der Waals surface area contributed by atoms with Gasteiger partial charge in [-0.2, -0.15) is 0 Å².